The average Bonchev–Trinajstić information content (AvgIpc) is 1.61. The third-order valence-electron chi connectivity index (χ3n) is 21.5. The van der Waals surface area contributed by atoms with Crippen LogP contribution in [0.4, 0.5) is 19.0 Å². The second kappa shape index (κ2) is 40.3. The molecule has 32 heteroatoms. The van der Waals surface area contributed by atoms with Gasteiger partial charge in [0.25, 0.3) is 5.56 Å². The van der Waals surface area contributed by atoms with Gasteiger partial charge < -0.3 is 29.5 Å². The Kier molecular flexibility index (Phi) is 31.8. The fourth-order valence-corrected chi connectivity index (χ4v) is 17.0. The number of hydrogen-bond acceptors (Lipinski definition) is 19. The number of halogens is 6. The fraction of sp³-hybridized carbons (Fsp3) is 0.634. The number of nitrogen functional groups attached to an aromatic ring is 1. The van der Waals surface area contributed by atoms with E-state index in [0.29, 0.717) is 91.5 Å². The highest BCUT2D eigenvalue weighted by molar-refractivity contribution is 7.88. The Hall–Kier alpha value is -7.89. The molecule has 5 fully saturated rings. The Morgan fingerprint density at radius 1 is 0.553 bits per heavy atom. The molecule has 114 heavy (non-hydrogen) atoms. The monoisotopic (exact) mass is 1660 g/mol. The second-order valence-electron chi connectivity index (χ2n) is 32.2. The fourth-order valence-electron chi connectivity index (χ4n) is 15.8. The molecule has 0 atom stereocenters. The topological polar surface area (TPSA) is 320 Å². The van der Waals surface area contributed by atoms with Crippen LogP contribution in [0.1, 0.15) is 354 Å². The normalized spacial score (nSPS) is 16.5. The summed E-state index contributed by atoms with van der Waals surface area (Å²) in [5.74, 6) is 0.526. The molecule has 25 nitrogen and oxygen atoms in total. The van der Waals surface area contributed by atoms with Gasteiger partial charge in [0.15, 0.2) is 28.4 Å². The van der Waals surface area contributed by atoms with E-state index in [1.165, 1.54) is 129 Å². The first kappa shape index (κ1) is 90.0. The summed E-state index contributed by atoms with van der Waals surface area (Å²) in [6.45, 7) is 25.6. The van der Waals surface area contributed by atoms with E-state index < -0.39 is 27.6 Å². The van der Waals surface area contributed by atoms with Crippen molar-refractivity contribution in [2.45, 2.75) is 322 Å². The van der Waals surface area contributed by atoms with E-state index in [1.54, 1.807) is 30.7 Å². The number of aromatic nitrogens is 14. The van der Waals surface area contributed by atoms with Crippen molar-refractivity contribution in [3.63, 3.8) is 0 Å². The van der Waals surface area contributed by atoms with Crippen LogP contribution >= 0.6 is 34.8 Å². The van der Waals surface area contributed by atoms with Crippen molar-refractivity contribution in [3.05, 3.63) is 95.7 Å². The summed E-state index contributed by atoms with van der Waals surface area (Å²) in [6.07, 6.45) is 29.3. The number of carbonyl (C=O) groups excluding carboxylic acids is 3. The molecule has 5 saturated carbocycles. The number of ketones is 1. The van der Waals surface area contributed by atoms with E-state index in [2.05, 4.69) is 104 Å². The third-order valence-corrected chi connectivity index (χ3v) is 23.2. The average molecular weight is 1670 g/mol. The van der Waals surface area contributed by atoms with E-state index in [9.17, 15) is 45.9 Å². The number of H-pyrrole nitrogens is 1. The molecule has 9 heterocycles. The number of hydrogen-bond donors (Lipinski definition) is 3. The van der Waals surface area contributed by atoms with Crippen LogP contribution in [0, 0.1) is 6.92 Å². The third kappa shape index (κ3) is 22.2. The number of fused-ring (bicyclic) bond motifs is 4. The van der Waals surface area contributed by atoms with Gasteiger partial charge in [-0.1, -0.05) is 200 Å². The summed E-state index contributed by atoms with van der Waals surface area (Å²) in [5, 5.41) is 38.1. The lowest BCUT2D eigenvalue weighted by Gasteiger charge is -2.22. The summed E-state index contributed by atoms with van der Waals surface area (Å²) >= 11 is 18.9. The van der Waals surface area contributed by atoms with Crippen LogP contribution in [0.2, 0.25) is 15.2 Å². The second-order valence-corrected chi connectivity index (χ2v) is 34.9. The maximum Gasteiger partial charge on any atom is 0.534 e. The molecular formula is C82H115Cl3F3N15O10S. The number of nitrogens with one attached hydrogen (secondary N) is 1. The van der Waals surface area contributed by atoms with E-state index in [-0.39, 0.29) is 64.1 Å². The standard InChI is InChI=1S/C17H22ClN3O2.C17H22F3N3O3S.C15H19Cl2N3.C15H21N3O2.C12H21N3.C6H10O3/c1-10(2)15-14-12(18)9-13(17(22)23-3)19-16(14)21(20-15)11-7-5-4-6-8-11;1-10(2)15-14-13(26-27(24,25)17(18,19)20)9-11(3)21-16(14)23(22-15)12-7-5-4-6-8-12;1-9(2)14-13-11(16)8-12(17)18-15(13)20(19-14)10-6-4-3-5-7-10;1-9(2)14-13-11(19)8-12(20)16-15(13)18(17-14)10-6-4-3-5-7-10;1-9(2)11-8-12(13)15(14-11)10-6-4-3-5-7-10;1-3-9-6(8)4-5(2)7/h9-11H,4-8H2,1-3H3;9-10,12H,4-8H2,1-3H3;8-10H,3-7H2,1-2H3;8-10H,3-7H2,1-2H3,(H2,16,19,20);8-10H,3-7,13H2,1-2H3;3-4H2,1-2H3. The lowest BCUT2D eigenvalue weighted by atomic mass is 9.96. The summed E-state index contributed by atoms with van der Waals surface area (Å²) < 4.78 is 85.2. The van der Waals surface area contributed by atoms with Crippen molar-refractivity contribution in [1.29, 1.82) is 0 Å². The number of ether oxygens (including phenoxy) is 2. The molecule has 0 spiro atoms. The number of methoxy groups -OCH3 is 1. The molecule has 9 aromatic rings. The van der Waals surface area contributed by atoms with Crippen LogP contribution in [0.3, 0.4) is 0 Å². The van der Waals surface area contributed by atoms with Crippen molar-refractivity contribution < 1.29 is 54.7 Å². The van der Waals surface area contributed by atoms with Crippen molar-refractivity contribution >= 4 is 113 Å². The van der Waals surface area contributed by atoms with Crippen LogP contribution in [0.25, 0.3) is 44.1 Å². The number of Topliss-reactive ketones (excluding diaryl/α,β-unsaturated/α-hetero) is 1. The van der Waals surface area contributed by atoms with Crippen LogP contribution in [0.15, 0.2) is 35.1 Å². The Bertz CT molecular complexity index is 4940. The zero-order chi connectivity index (χ0) is 83.2. The summed E-state index contributed by atoms with van der Waals surface area (Å²) in [6, 6.07) is 9.50. The number of esters is 2. The number of anilines is 1. The number of carbonyl (C=O) groups is 3. The predicted octanol–water partition coefficient (Wildman–Crippen LogP) is 21.1. The molecule has 0 aliphatic heterocycles. The Balaban J connectivity index is 0.000000160. The lowest BCUT2D eigenvalue weighted by Crippen LogP contribution is -2.28. The number of aromatic amines is 1. The zero-order valence-electron chi connectivity index (χ0n) is 68.4. The molecule has 626 valence electrons. The number of alkyl halides is 3. The SMILES string of the molecule is CC(C)c1cc(N)n(C2CCCCC2)n1.CC(C)c1nn(C2CCCCC2)c2[nH]c(=O)cc(O)c12.CC(C)c1nn(C2CCCCC2)c2nc(Cl)cc(Cl)c12.CCOC(=O)CC(C)=O.COC(=O)c1cc(Cl)c2c(C(C)C)nn(C3CCCCC3)c2n1.Cc1cc(OS(=O)(=O)C(F)(F)F)c2c(C(C)C)nn(C3CCCCC3)c2n1. The quantitative estimate of drug-likeness (QED) is 0.0266. The molecule has 9 aromatic heterocycles. The number of nitrogens with two attached hydrogens (primary N) is 1. The van der Waals surface area contributed by atoms with Gasteiger partial charge in [0.1, 0.15) is 34.6 Å². The minimum atomic E-state index is -5.78. The van der Waals surface area contributed by atoms with Crippen LogP contribution < -0.4 is 15.5 Å². The van der Waals surface area contributed by atoms with Gasteiger partial charge >= 0.3 is 27.6 Å². The highest BCUT2D eigenvalue weighted by atomic mass is 35.5. The van der Waals surface area contributed by atoms with E-state index in [1.807, 2.05) is 29.3 Å². The molecule has 0 aromatic carbocycles. The van der Waals surface area contributed by atoms with Gasteiger partial charge in [0.2, 0.25) is 0 Å². The first-order chi connectivity index (χ1) is 54.0. The molecule has 0 unspecified atom stereocenters. The number of aryl methyl sites for hydroxylation is 1. The van der Waals surface area contributed by atoms with Gasteiger partial charge in [-0.15, -0.1) is 0 Å². The number of pyridine rings is 4. The van der Waals surface area contributed by atoms with Gasteiger partial charge in [-0.05, 0) is 127 Å². The number of nitrogens with zero attached hydrogens (tertiary/aromatic N) is 13. The summed E-state index contributed by atoms with van der Waals surface area (Å²) in [4.78, 5) is 60.5. The van der Waals surface area contributed by atoms with E-state index in [4.69, 9.17) is 60.6 Å². The highest BCUT2D eigenvalue weighted by Gasteiger charge is 2.49. The first-order valence-electron chi connectivity index (χ1n) is 40.7. The van der Waals surface area contributed by atoms with Crippen molar-refractivity contribution in [2.75, 3.05) is 19.5 Å². The number of rotatable bonds is 16. The summed E-state index contributed by atoms with van der Waals surface area (Å²) in [5.41, 5.74) is 7.86. The first-order valence-corrected chi connectivity index (χ1v) is 43.2. The molecular weight excluding hydrogens is 1550 g/mol. The Morgan fingerprint density at radius 3 is 1.35 bits per heavy atom. The number of aromatic hydroxyl groups is 1. The maximum atomic E-state index is 12.8. The molecule has 0 bridgehead atoms. The molecule has 0 radical (unpaired) electrons. The van der Waals surface area contributed by atoms with E-state index in [0.717, 1.165) is 103 Å². The zero-order valence-corrected chi connectivity index (χ0v) is 71.5. The van der Waals surface area contributed by atoms with Crippen LogP contribution in [-0.4, -0.2) is 119 Å². The van der Waals surface area contributed by atoms with Crippen molar-refractivity contribution in [3.8, 4) is 11.5 Å². The molecule has 5 aliphatic carbocycles. The van der Waals surface area contributed by atoms with Gasteiger partial charge in [-0.3, -0.25) is 14.4 Å². The maximum absolute atomic E-state index is 12.8. The van der Waals surface area contributed by atoms with Gasteiger partial charge in [0, 0.05) is 23.9 Å². The highest BCUT2D eigenvalue weighted by Crippen LogP contribution is 2.43. The molecule has 14 rings (SSSR count). The Morgan fingerprint density at radius 2 is 0.947 bits per heavy atom. The summed E-state index contributed by atoms with van der Waals surface area (Å²) in [7, 11) is -4.43. The van der Waals surface area contributed by atoms with Crippen molar-refractivity contribution in [1.82, 2.24) is 68.8 Å². The minimum Gasteiger partial charge on any atom is -0.507 e. The molecule has 4 N–H and O–H groups in total. The Labute approximate surface area is 681 Å². The predicted molar refractivity (Wildman–Crippen MR) is 441 cm³/mol. The van der Waals surface area contributed by atoms with E-state index >= 15 is 0 Å². The molecule has 0 amide bonds. The molecule has 0 saturated heterocycles. The van der Waals surface area contributed by atoms with Gasteiger partial charge in [-0.25, -0.2) is 43.2 Å². The van der Waals surface area contributed by atoms with Gasteiger partial charge in [-0.2, -0.15) is 47.1 Å². The van der Waals surface area contributed by atoms with Gasteiger partial charge in [0.05, 0.1) is 104 Å². The smallest absolute Gasteiger partial charge is 0.507 e. The molecule has 5 aliphatic rings. The minimum absolute atomic E-state index is 0.0366. The largest absolute Gasteiger partial charge is 0.534 e. The lowest BCUT2D eigenvalue weighted by molar-refractivity contribution is -0.145. The van der Waals surface area contributed by atoms with Crippen molar-refractivity contribution in [2.24, 2.45) is 0 Å². The van der Waals surface area contributed by atoms with Crippen LogP contribution in [-0.2, 0) is 29.2 Å². The van der Waals surface area contributed by atoms with Crippen LogP contribution in [0.5, 0.6) is 11.5 Å².